The van der Waals surface area contributed by atoms with Crippen LogP contribution >= 0.6 is 0 Å². The molecule has 0 radical (unpaired) electrons. The first-order valence-electron chi connectivity index (χ1n) is 7.21. The van der Waals surface area contributed by atoms with E-state index in [2.05, 4.69) is 10.6 Å². The molecule has 21 heavy (non-hydrogen) atoms. The van der Waals surface area contributed by atoms with Crippen molar-refractivity contribution in [3.63, 3.8) is 0 Å². The van der Waals surface area contributed by atoms with Crippen molar-refractivity contribution in [2.75, 3.05) is 13.1 Å². The zero-order valence-corrected chi connectivity index (χ0v) is 11.7. The van der Waals surface area contributed by atoms with Crippen molar-refractivity contribution in [2.24, 2.45) is 5.92 Å². The van der Waals surface area contributed by atoms with Crippen molar-refractivity contribution in [1.82, 2.24) is 10.6 Å². The van der Waals surface area contributed by atoms with Crippen LogP contribution in [0.15, 0.2) is 18.2 Å². The van der Waals surface area contributed by atoms with Gasteiger partial charge in [-0.2, -0.15) is 0 Å². The maximum atomic E-state index is 13.4. The molecule has 0 bridgehead atoms. The Bertz CT molecular complexity index is 472. The fourth-order valence-electron chi connectivity index (χ4n) is 2.35. The molecule has 1 aliphatic rings. The van der Waals surface area contributed by atoms with Crippen LogP contribution in [0.25, 0.3) is 0 Å². The van der Waals surface area contributed by atoms with Gasteiger partial charge >= 0.3 is 6.03 Å². The van der Waals surface area contributed by atoms with Crippen LogP contribution in [0.2, 0.25) is 0 Å². The highest BCUT2D eigenvalue weighted by molar-refractivity contribution is 5.73. The number of carbonyl (C=O) groups excluding carboxylic acids is 1. The molecule has 0 saturated heterocycles. The van der Waals surface area contributed by atoms with Crippen molar-refractivity contribution in [1.29, 1.82) is 0 Å². The Morgan fingerprint density at radius 3 is 2.52 bits per heavy atom. The highest BCUT2D eigenvalue weighted by atomic mass is 19.1. The van der Waals surface area contributed by atoms with E-state index in [1.165, 1.54) is 25.3 Å². The van der Waals surface area contributed by atoms with Crippen LogP contribution < -0.4 is 10.6 Å². The molecule has 1 atom stereocenters. The van der Waals surface area contributed by atoms with Crippen molar-refractivity contribution in [3.8, 4) is 0 Å². The SMILES string of the molecule is O=C(NCCC1CCC1)NCC(O)c1c(F)cccc1F. The summed E-state index contributed by atoms with van der Waals surface area (Å²) in [6, 6.07) is 2.92. The maximum absolute atomic E-state index is 13.4. The van der Waals surface area contributed by atoms with Crippen molar-refractivity contribution in [3.05, 3.63) is 35.4 Å². The van der Waals surface area contributed by atoms with E-state index in [-0.39, 0.29) is 6.54 Å². The highest BCUT2D eigenvalue weighted by Gasteiger charge is 2.19. The Balaban J connectivity index is 1.72. The number of urea groups is 1. The smallest absolute Gasteiger partial charge is 0.314 e. The monoisotopic (exact) mass is 298 g/mol. The summed E-state index contributed by atoms with van der Waals surface area (Å²) in [6.45, 7) is 0.327. The molecule has 4 nitrogen and oxygen atoms in total. The van der Waals surface area contributed by atoms with Gasteiger partial charge in [-0.05, 0) is 24.5 Å². The first-order valence-corrected chi connectivity index (χ1v) is 7.21. The molecule has 0 heterocycles. The number of hydrogen-bond acceptors (Lipinski definition) is 2. The number of benzene rings is 1. The number of carbonyl (C=O) groups is 1. The highest BCUT2D eigenvalue weighted by Crippen LogP contribution is 2.28. The lowest BCUT2D eigenvalue weighted by Crippen LogP contribution is -2.39. The van der Waals surface area contributed by atoms with Crippen LogP contribution in [0, 0.1) is 17.6 Å². The quantitative estimate of drug-likeness (QED) is 0.755. The first kappa shape index (κ1) is 15.7. The average Bonchev–Trinajstić information content (AvgIpc) is 2.39. The molecule has 1 aliphatic carbocycles. The van der Waals surface area contributed by atoms with E-state index in [1.54, 1.807) is 0 Å². The van der Waals surface area contributed by atoms with E-state index in [4.69, 9.17) is 0 Å². The number of halogens is 2. The molecular weight excluding hydrogens is 278 g/mol. The van der Waals surface area contributed by atoms with Gasteiger partial charge in [-0.1, -0.05) is 25.3 Å². The first-order chi connectivity index (χ1) is 10.1. The molecule has 6 heteroatoms. The molecule has 1 unspecified atom stereocenters. The topological polar surface area (TPSA) is 61.4 Å². The third-order valence-corrected chi connectivity index (χ3v) is 3.85. The van der Waals surface area contributed by atoms with E-state index in [0.717, 1.165) is 18.6 Å². The molecule has 1 aromatic rings. The normalized spacial score (nSPS) is 16.1. The summed E-state index contributed by atoms with van der Waals surface area (Å²) in [4.78, 5) is 11.5. The summed E-state index contributed by atoms with van der Waals surface area (Å²) in [7, 11) is 0. The lowest BCUT2D eigenvalue weighted by Gasteiger charge is -2.25. The molecule has 2 amide bonds. The minimum atomic E-state index is -1.41. The third kappa shape index (κ3) is 4.39. The second-order valence-corrected chi connectivity index (χ2v) is 5.37. The number of amides is 2. The predicted molar refractivity (Wildman–Crippen MR) is 74.7 cm³/mol. The molecule has 116 valence electrons. The van der Waals surface area contributed by atoms with Crippen LogP contribution in [0.5, 0.6) is 0 Å². The molecular formula is C15H20F2N2O2. The summed E-state index contributed by atoms with van der Waals surface area (Å²) in [5.41, 5.74) is -0.424. The van der Waals surface area contributed by atoms with E-state index in [9.17, 15) is 18.7 Å². The Morgan fingerprint density at radius 1 is 1.29 bits per heavy atom. The van der Waals surface area contributed by atoms with E-state index < -0.39 is 29.3 Å². The number of aliphatic hydroxyl groups is 1. The van der Waals surface area contributed by atoms with Gasteiger partial charge in [-0.3, -0.25) is 0 Å². The lowest BCUT2D eigenvalue weighted by atomic mass is 9.83. The third-order valence-electron chi connectivity index (χ3n) is 3.85. The zero-order chi connectivity index (χ0) is 15.2. The molecule has 0 spiro atoms. The van der Waals surface area contributed by atoms with Gasteiger partial charge in [-0.25, -0.2) is 13.6 Å². The molecule has 0 aromatic heterocycles. The van der Waals surface area contributed by atoms with Crippen LogP contribution in [0.4, 0.5) is 13.6 Å². The number of aliphatic hydroxyl groups excluding tert-OH is 1. The largest absolute Gasteiger partial charge is 0.386 e. The molecule has 3 N–H and O–H groups in total. The predicted octanol–water partition coefficient (Wildman–Crippen LogP) is 2.49. The fraction of sp³-hybridized carbons (Fsp3) is 0.533. The van der Waals surface area contributed by atoms with Gasteiger partial charge in [-0.15, -0.1) is 0 Å². The summed E-state index contributed by atoms with van der Waals surface area (Å²) in [5.74, 6) is -0.951. The minimum Gasteiger partial charge on any atom is -0.386 e. The molecule has 2 rings (SSSR count). The number of nitrogens with one attached hydrogen (secondary N) is 2. The van der Waals surface area contributed by atoms with Gasteiger partial charge in [0.1, 0.15) is 17.7 Å². The standard InChI is InChI=1S/C15H20F2N2O2/c16-11-5-2-6-12(17)14(11)13(20)9-19-15(21)18-8-7-10-3-1-4-10/h2,5-6,10,13,20H,1,3-4,7-9H2,(H2,18,19,21). The molecule has 0 aliphatic heterocycles. The second-order valence-electron chi connectivity index (χ2n) is 5.37. The van der Waals surface area contributed by atoms with Gasteiger partial charge in [0, 0.05) is 13.1 Å². The van der Waals surface area contributed by atoms with Crippen LogP contribution in [0.3, 0.4) is 0 Å². The average molecular weight is 298 g/mol. The molecule has 1 aromatic carbocycles. The van der Waals surface area contributed by atoms with E-state index >= 15 is 0 Å². The van der Waals surface area contributed by atoms with Crippen LogP contribution in [-0.2, 0) is 0 Å². The van der Waals surface area contributed by atoms with Crippen LogP contribution in [0.1, 0.15) is 37.4 Å². The van der Waals surface area contributed by atoms with Gasteiger partial charge < -0.3 is 15.7 Å². The summed E-state index contributed by atoms with van der Waals surface area (Å²) in [5, 5.41) is 14.9. The minimum absolute atomic E-state index is 0.243. The Labute approximate surface area is 122 Å². The lowest BCUT2D eigenvalue weighted by molar-refractivity contribution is 0.164. The summed E-state index contributed by atoms with van der Waals surface area (Å²) >= 11 is 0. The Kier molecular flexibility index (Phi) is 5.50. The van der Waals surface area contributed by atoms with E-state index in [0.29, 0.717) is 12.5 Å². The van der Waals surface area contributed by atoms with Crippen molar-refractivity contribution in [2.45, 2.75) is 31.8 Å². The number of rotatable bonds is 6. The number of hydrogen-bond donors (Lipinski definition) is 3. The van der Waals surface area contributed by atoms with Crippen molar-refractivity contribution >= 4 is 6.03 Å². The second kappa shape index (κ2) is 7.36. The fourth-order valence-corrected chi connectivity index (χ4v) is 2.35. The van der Waals surface area contributed by atoms with Gasteiger partial charge in [0.05, 0.1) is 5.56 Å². The molecule has 1 fully saturated rings. The Hall–Kier alpha value is -1.69. The maximum Gasteiger partial charge on any atom is 0.314 e. The summed E-state index contributed by atoms with van der Waals surface area (Å²) in [6.07, 6.45) is 3.22. The van der Waals surface area contributed by atoms with E-state index in [1.807, 2.05) is 0 Å². The molecule has 1 saturated carbocycles. The van der Waals surface area contributed by atoms with Crippen LogP contribution in [-0.4, -0.2) is 24.2 Å². The van der Waals surface area contributed by atoms with Crippen molar-refractivity contribution < 1.29 is 18.7 Å². The van der Waals surface area contributed by atoms with Gasteiger partial charge in [0.25, 0.3) is 0 Å². The van der Waals surface area contributed by atoms with Gasteiger partial charge in [0.2, 0.25) is 0 Å². The zero-order valence-electron chi connectivity index (χ0n) is 11.7. The van der Waals surface area contributed by atoms with Gasteiger partial charge in [0.15, 0.2) is 0 Å². The summed E-state index contributed by atoms with van der Waals surface area (Å²) < 4.78 is 26.9. The Morgan fingerprint density at radius 2 is 1.95 bits per heavy atom.